The maximum Gasteiger partial charge on any atom is 0.303 e. The monoisotopic (exact) mass is 297 g/mol. The first-order valence-electron chi connectivity index (χ1n) is 7.29. The van der Waals surface area contributed by atoms with Crippen LogP contribution in [0.1, 0.15) is 50.7 Å². The molecule has 0 radical (unpaired) electrons. The van der Waals surface area contributed by atoms with E-state index >= 15 is 0 Å². The van der Waals surface area contributed by atoms with Crippen molar-refractivity contribution in [3.05, 3.63) is 11.7 Å². The molecule has 1 aromatic rings. The van der Waals surface area contributed by atoms with E-state index in [4.69, 9.17) is 9.63 Å². The molecule has 0 aliphatic rings. The minimum Gasteiger partial charge on any atom is -0.481 e. The predicted octanol–water partition coefficient (Wildman–Crippen LogP) is 1.71. The first kappa shape index (κ1) is 17.1. The number of carbonyl (C=O) groups excluding carboxylic acids is 1. The predicted molar refractivity (Wildman–Crippen MR) is 75.6 cm³/mol. The summed E-state index contributed by atoms with van der Waals surface area (Å²) in [6.07, 6.45) is 3.31. The standard InChI is InChI=1S/C14H23N3O4/c1-3-11(4-7-14(19)20)8-9-15-12(18)5-6-13-16-10(2)17-21-13/h11H,3-9H2,1-2H3,(H,15,18)(H,19,20). The summed E-state index contributed by atoms with van der Waals surface area (Å²) in [5.41, 5.74) is 0. The van der Waals surface area contributed by atoms with Gasteiger partial charge in [0.1, 0.15) is 0 Å². The molecule has 0 bridgehead atoms. The Kier molecular flexibility index (Phi) is 7.42. The van der Waals surface area contributed by atoms with Gasteiger partial charge in [0.2, 0.25) is 11.8 Å². The molecule has 1 heterocycles. The number of aryl methyl sites for hydroxylation is 2. The third-order valence-corrected chi connectivity index (χ3v) is 3.35. The van der Waals surface area contributed by atoms with Crippen LogP contribution in [0.3, 0.4) is 0 Å². The van der Waals surface area contributed by atoms with Gasteiger partial charge in [-0.15, -0.1) is 0 Å². The van der Waals surface area contributed by atoms with Crippen LogP contribution in [0, 0.1) is 12.8 Å². The van der Waals surface area contributed by atoms with Crippen molar-refractivity contribution in [2.75, 3.05) is 6.54 Å². The van der Waals surface area contributed by atoms with Gasteiger partial charge in [-0.05, 0) is 25.7 Å². The van der Waals surface area contributed by atoms with Gasteiger partial charge >= 0.3 is 5.97 Å². The van der Waals surface area contributed by atoms with E-state index in [9.17, 15) is 9.59 Å². The first-order valence-corrected chi connectivity index (χ1v) is 7.29. The topological polar surface area (TPSA) is 105 Å². The third-order valence-electron chi connectivity index (χ3n) is 3.35. The van der Waals surface area contributed by atoms with E-state index in [2.05, 4.69) is 15.5 Å². The zero-order chi connectivity index (χ0) is 15.7. The molecular weight excluding hydrogens is 274 g/mol. The summed E-state index contributed by atoms with van der Waals surface area (Å²) in [5, 5.41) is 15.2. The lowest BCUT2D eigenvalue weighted by molar-refractivity contribution is -0.137. The number of rotatable bonds is 10. The van der Waals surface area contributed by atoms with Crippen molar-refractivity contribution < 1.29 is 19.2 Å². The van der Waals surface area contributed by atoms with Gasteiger partial charge in [0.05, 0.1) is 0 Å². The molecule has 0 saturated carbocycles. The average molecular weight is 297 g/mol. The second-order valence-corrected chi connectivity index (χ2v) is 5.08. The van der Waals surface area contributed by atoms with Gasteiger partial charge in [-0.25, -0.2) is 0 Å². The molecule has 7 heteroatoms. The number of carboxylic acids is 1. The van der Waals surface area contributed by atoms with Gasteiger partial charge in [-0.3, -0.25) is 9.59 Å². The summed E-state index contributed by atoms with van der Waals surface area (Å²) < 4.78 is 4.93. The van der Waals surface area contributed by atoms with Crippen LogP contribution < -0.4 is 5.32 Å². The molecule has 2 N–H and O–H groups in total. The fourth-order valence-corrected chi connectivity index (χ4v) is 2.05. The van der Waals surface area contributed by atoms with Crippen molar-refractivity contribution in [3.63, 3.8) is 0 Å². The van der Waals surface area contributed by atoms with E-state index < -0.39 is 5.97 Å². The van der Waals surface area contributed by atoms with Crippen molar-refractivity contribution in [2.45, 2.75) is 52.4 Å². The van der Waals surface area contributed by atoms with Crippen LogP contribution in [0.15, 0.2) is 4.52 Å². The van der Waals surface area contributed by atoms with Crippen LogP contribution in [0.4, 0.5) is 0 Å². The number of aromatic nitrogens is 2. The Bertz CT molecular complexity index is 459. The fraction of sp³-hybridized carbons (Fsp3) is 0.714. The lowest BCUT2D eigenvalue weighted by Crippen LogP contribution is -2.26. The minimum atomic E-state index is -0.771. The van der Waals surface area contributed by atoms with Gasteiger partial charge in [0.25, 0.3) is 0 Å². The van der Waals surface area contributed by atoms with Crippen molar-refractivity contribution in [1.82, 2.24) is 15.5 Å². The summed E-state index contributed by atoms with van der Waals surface area (Å²) in [6, 6.07) is 0. The Morgan fingerprint density at radius 2 is 2.10 bits per heavy atom. The molecule has 1 atom stereocenters. The molecule has 0 saturated heterocycles. The third kappa shape index (κ3) is 7.43. The molecule has 0 aliphatic carbocycles. The minimum absolute atomic E-state index is 0.0565. The van der Waals surface area contributed by atoms with E-state index in [1.807, 2.05) is 6.92 Å². The molecule has 0 spiro atoms. The zero-order valence-corrected chi connectivity index (χ0v) is 12.6. The van der Waals surface area contributed by atoms with Gasteiger partial charge in [0, 0.05) is 25.8 Å². The molecule has 118 valence electrons. The summed E-state index contributed by atoms with van der Waals surface area (Å²) in [7, 11) is 0. The zero-order valence-electron chi connectivity index (χ0n) is 12.6. The number of amides is 1. The Labute approximate surface area is 124 Å². The number of hydrogen-bond donors (Lipinski definition) is 2. The Morgan fingerprint density at radius 3 is 2.67 bits per heavy atom. The SMILES string of the molecule is CCC(CCNC(=O)CCc1nc(C)no1)CCC(=O)O. The molecule has 0 aliphatic heterocycles. The first-order chi connectivity index (χ1) is 10.0. The number of carbonyl (C=O) groups is 2. The molecule has 7 nitrogen and oxygen atoms in total. The fourth-order valence-electron chi connectivity index (χ4n) is 2.05. The van der Waals surface area contributed by atoms with Crippen molar-refractivity contribution in [3.8, 4) is 0 Å². The van der Waals surface area contributed by atoms with Crippen LogP contribution in [0.25, 0.3) is 0 Å². The number of aliphatic carboxylic acids is 1. The lowest BCUT2D eigenvalue weighted by atomic mass is 9.96. The number of carboxylic acid groups (broad SMARTS) is 1. The van der Waals surface area contributed by atoms with Gasteiger partial charge in [-0.2, -0.15) is 4.98 Å². The van der Waals surface area contributed by atoms with Gasteiger partial charge in [-0.1, -0.05) is 18.5 Å². The van der Waals surface area contributed by atoms with Crippen LogP contribution in [0.2, 0.25) is 0 Å². The van der Waals surface area contributed by atoms with E-state index in [1.165, 1.54) is 0 Å². The summed E-state index contributed by atoms with van der Waals surface area (Å²) in [6.45, 7) is 4.33. The van der Waals surface area contributed by atoms with E-state index in [0.717, 1.165) is 12.8 Å². The second kappa shape index (κ2) is 9.10. The second-order valence-electron chi connectivity index (χ2n) is 5.08. The van der Waals surface area contributed by atoms with Gasteiger partial charge in [0.15, 0.2) is 5.82 Å². The molecule has 1 aromatic heterocycles. The average Bonchev–Trinajstić information content (AvgIpc) is 2.86. The molecule has 0 aromatic carbocycles. The quantitative estimate of drug-likeness (QED) is 0.681. The van der Waals surface area contributed by atoms with Crippen molar-refractivity contribution >= 4 is 11.9 Å². The van der Waals surface area contributed by atoms with Crippen molar-refractivity contribution in [2.24, 2.45) is 5.92 Å². The van der Waals surface area contributed by atoms with Gasteiger partial charge < -0.3 is 14.9 Å². The number of hydrogen-bond acceptors (Lipinski definition) is 5. The molecule has 1 unspecified atom stereocenters. The highest BCUT2D eigenvalue weighted by Gasteiger charge is 2.10. The maximum atomic E-state index is 11.7. The Morgan fingerprint density at radius 1 is 1.33 bits per heavy atom. The van der Waals surface area contributed by atoms with Crippen LogP contribution in [-0.2, 0) is 16.0 Å². The smallest absolute Gasteiger partial charge is 0.303 e. The molecular formula is C14H23N3O4. The number of nitrogens with one attached hydrogen (secondary N) is 1. The van der Waals surface area contributed by atoms with Crippen molar-refractivity contribution in [1.29, 1.82) is 0 Å². The Hall–Kier alpha value is -1.92. The lowest BCUT2D eigenvalue weighted by Gasteiger charge is -2.13. The maximum absolute atomic E-state index is 11.7. The highest BCUT2D eigenvalue weighted by Crippen LogP contribution is 2.14. The van der Waals surface area contributed by atoms with Crippen LogP contribution >= 0.6 is 0 Å². The van der Waals surface area contributed by atoms with E-state index in [-0.39, 0.29) is 12.3 Å². The molecule has 0 fully saturated rings. The van der Waals surface area contributed by atoms with E-state index in [1.54, 1.807) is 6.92 Å². The largest absolute Gasteiger partial charge is 0.481 e. The summed E-state index contributed by atoms with van der Waals surface area (Å²) >= 11 is 0. The molecule has 1 amide bonds. The molecule has 21 heavy (non-hydrogen) atoms. The highest BCUT2D eigenvalue weighted by molar-refractivity contribution is 5.75. The number of nitrogens with zero attached hydrogens (tertiary/aromatic N) is 2. The highest BCUT2D eigenvalue weighted by atomic mass is 16.5. The Balaban J connectivity index is 2.15. The van der Waals surface area contributed by atoms with Crippen LogP contribution in [0.5, 0.6) is 0 Å². The van der Waals surface area contributed by atoms with Crippen LogP contribution in [-0.4, -0.2) is 33.7 Å². The summed E-state index contributed by atoms with van der Waals surface area (Å²) in [4.78, 5) is 26.2. The van der Waals surface area contributed by atoms with E-state index in [0.29, 0.717) is 43.4 Å². The molecule has 1 rings (SSSR count). The normalized spacial score (nSPS) is 12.1. The summed E-state index contributed by atoms with van der Waals surface area (Å²) in [5.74, 6) is 0.538.